The number of hydrogen-bond donors (Lipinski definition) is 0. The van der Waals surface area contributed by atoms with E-state index in [1.54, 1.807) is 6.07 Å². The van der Waals surface area contributed by atoms with Crippen molar-refractivity contribution in [2.75, 3.05) is 6.61 Å². The molecule has 0 bridgehead atoms. The summed E-state index contributed by atoms with van der Waals surface area (Å²) < 4.78 is 80.1. The average molecular weight is 400 g/mol. The van der Waals surface area contributed by atoms with Gasteiger partial charge in [0.05, 0.1) is 11.9 Å². The lowest BCUT2D eigenvalue weighted by Gasteiger charge is -2.19. The second-order valence-corrected chi connectivity index (χ2v) is 5.41. The van der Waals surface area contributed by atoms with E-state index in [-0.39, 0.29) is 17.0 Å². The molecule has 0 saturated heterocycles. The van der Waals surface area contributed by atoms with Gasteiger partial charge >= 0.3 is 12.1 Å². The predicted molar refractivity (Wildman–Crippen MR) is 73.8 cm³/mol. The summed E-state index contributed by atoms with van der Waals surface area (Å²) in [5.74, 6) is -5.82. The highest BCUT2D eigenvalue weighted by Crippen LogP contribution is 2.35. The third kappa shape index (κ3) is 4.15. The molecule has 124 valence electrons. The molecular formula is C14H8BrF6NO. The molecule has 1 heterocycles. The van der Waals surface area contributed by atoms with Crippen molar-refractivity contribution in [3.05, 3.63) is 46.8 Å². The van der Waals surface area contributed by atoms with Gasteiger partial charge in [-0.25, -0.2) is 4.39 Å². The molecule has 0 unspecified atom stereocenters. The minimum absolute atomic E-state index is 0.153. The molecule has 0 fully saturated rings. The fourth-order valence-electron chi connectivity index (χ4n) is 1.58. The van der Waals surface area contributed by atoms with Gasteiger partial charge in [-0.3, -0.25) is 4.98 Å². The highest BCUT2D eigenvalue weighted by atomic mass is 79.9. The molecule has 0 aliphatic rings. The lowest BCUT2D eigenvalue weighted by molar-refractivity contribution is -0.290. The van der Waals surface area contributed by atoms with Gasteiger partial charge in [0.15, 0.2) is 6.61 Å². The van der Waals surface area contributed by atoms with Gasteiger partial charge in [-0.1, -0.05) is 15.9 Å². The zero-order valence-electron chi connectivity index (χ0n) is 11.2. The van der Waals surface area contributed by atoms with E-state index in [0.717, 1.165) is 12.3 Å². The highest BCUT2D eigenvalue weighted by Gasteiger charge is 2.58. The van der Waals surface area contributed by atoms with E-state index in [1.807, 2.05) is 0 Å². The van der Waals surface area contributed by atoms with Crippen molar-refractivity contribution in [2.24, 2.45) is 0 Å². The first-order valence-corrected chi connectivity index (χ1v) is 6.88. The quantitative estimate of drug-likeness (QED) is 0.657. The maximum atomic E-state index is 13.7. The zero-order valence-corrected chi connectivity index (χ0v) is 12.8. The van der Waals surface area contributed by atoms with Gasteiger partial charge in [-0.05, 0) is 30.3 Å². The Bertz CT molecular complexity index is 687. The van der Waals surface area contributed by atoms with E-state index < -0.39 is 24.5 Å². The Morgan fingerprint density at radius 2 is 1.74 bits per heavy atom. The molecule has 0 aliphatic carbocycles. The van der Waals surface area contributed by atoms with Gasteiger partial charge in [0.1, 0.15) is 11.6 Å². The minimum Gasteiger partial charge on any atom is -0.485 e. The normalized spacial score (nSPS) is 12.3. The molecule has 0 amide bonds. The summed E-state index contributed by atoms with van der Waals surface area (Å²) >= 11 is 3.09. The molecule has 0 aliphatic heterocycles. The van der Waals surface area contributed by atoms with Crippen LogP contribution in [0.2, 0.25) is 0 Å². The maximum absolute atomic E-state index is 13.7. The van der Waals surface area contributed by atoms with Gasteiger partial charge in [-0.15, -0.1) is 0 Å². The van der Waals surface area contributed by atoms with Gasteiger partial charge in [0.2, 0.25) is 0 Å². The van der Waals surface area contributed by atoms with Crippen molar-refractivity contribution in [3.63, 3.8) is 0 Å². The molecule has 0 N–H and O–H groups in total. The van der Waals surface area contributed by atoms with Gasteiger partial charge in [0.25, 0.3) is 0 Å². The van der Waals surface area contributed by atoms with Crippen LogP contribution in [0.5, 0.6) is 5.75 Å². The van der Waals surface area contributed by atoms with E-state index >= 15 is 0 Å². The molecule has 0 spiro atoms. The third-order valence-electron chi connectivity index (χ3n) is 2.78. The van der Waals surface area contributed by atoms with Crippen LogP contribution in [0.25, 0.3) is 11.3 Å². The summed E-state index contributed by atoms with van der Waals surface area (Å²) in [5, 5.41) is 0. The van der Waals surface area contributed by atoms with Crippen molar-refractivity contribution in [3.8, 4) is 17.0 Å². The molecule has 0 radical (unpaired) electrons. The summed E-state index contributed by atoms with van der Waals surface area (Å²) in [6, 6.07) is 6.63. The first kappa shape index (κ1) is 17.6. The van der Waals surface area contributed by atoms with Crippen molar-refractivity contribution in [2.45, 2.75) is 12.1 Å². The number of benzene rings is 1. The molecular weight excluding hydrogens is 392 g/mol. The topological polar surface area (TPSA) is 22.1 Å². The Morgan fingerprint density at radius 3 is 2.26 bits per heavy atom. The first-order chi connectivity index (χ1) is 10.6. The van der Waals surface area contributed by atoms with Crippen LogP contribution in [0.1, 0.15) is 0 Å². The fraction of sp³-hybridized carbons (Fsp3) is 0.214. The lowest BCUT2D eigenvalue weighted by Crippen LogP contribution is -2.41. The molecule has 2 rings (SSSR count). The van der Waals surface area contributed by atoms with Gasteiger partial charge in [-0.2, -0.15) is 22.0 Å². The summed E-state index contributed by atoms with van der Waals surface area (Å²) in [7, 11) is 0. The van der Waals surface area contributed by atoms with Crippen LogP contribution in [0.3, 0.4) is 0 Å². The second-order valence-electron chi connectivity index (χ2n) is 4.49. The van der Waals surface area contributed by atoms with Gasteiger partial charge < -0.3 is 4.74 Å². The van der Waals surface area contributed by atoms with E-state index in [9.17, 15) is 26.3 Å². The van der Waals surface area contributed by atoms with E-state index in [1.165, 1.54) is 18.2 Å². The SMILES string of the molecule is Fc1cc(Br)ccc1-c1ccc(OCC(F)(F)C(F)(F)F)cn1. The predicted octanol–water partition coefficient (Wildman–Crippen LogP) is 5.23. The van der Waals surface area contributed by atoms with Crippen LogP contribution in [-0.4, -0.2) is 23.7 Å². The Kier molecular flexibility index (Phi) is 4.88. The summed E-state index contributed by atoms with van der Waals surface area (Å²) in [4.78, 5) is 3.80. The molecule has 0 saturated carbocycles. The molecule has 1 aromatic heterocycles. The number of aromatic nitrogens is 1. The Labute approximate surface area is 135 Å². The number of alkyl halides is 5. The fourth-order valence-corrected chi connectivity index (χ4v) is 1.91. The van der Waals surface area contributed by atoms with Crippen molar-refractivity contribution >= 4 is 15.9 Å². The lowest BCUT2D eigenvalue weighted by atomic mass is 10.1. The number of halogens is 7. The first-order valence-electron chi connectivity index (χ1n) is 6.09. The Balaban J connectivity index is 2.11. The number of nitrogens with zero attached hydrogens (tertiary/aromatic N) is 1. The summed E-state index contributed by atoms with van der Waals surface area (Å²) in [5.41, 5.74) is 0.338. The molecule has 2 nitrogen and oxygen atoms in total. The van der Waals surface area contributed by atoms with Crippen LogP contribution in [-0.2, 0) is 0 Å². The molecule has 1 aromatic carbocycles. The molecule has 9 heteroatoms. The summed E-state index contributed by atoms with van der Waals surface area (Å²) in [6.07, 6.45) is -4.75. The summed E-state index contributed by atoms with van der Waals surface area (Å²) in [6.45, 7) is -1.86. The maximum Gasteiger partial charge on any atom is 0.456 e. The minimum atomic E-state index is -5.69. The third-order valence-corrected chi connectivity index (χ3v) is 3.27. The zero-order chi connectivity index (χ0) is 17.3. The Morgan fingerprint density at radius 1 is 1.04 bits per heavy atom. The van der Waals surface area contributed by atoms with Crippen molar-refractivity contribution in [1.82, 2.24) is 4.98 Å². The average Bonchev–Trinajstić information content (AvgIpc) is 2.45. The number of pyridine rings is 1. The number of ether oxygens (including phenoxy) is 1. The second kappa shape index (κ2) is 6.38. The van der Waals surface area contributed by atoms with Crippen LogP contribution >= 0.6 is 15.9 Å². The van der Waals surface area contributed by atoms with Gasteiger partial charge in [0, 0.05) is 10.0 Å². The van der Waals surface area contributed by atoms with Crippen LogP contribution < -0.4 is 4.74 Å². The van der Waals surface area contributed by atoms with E-state index in [4.69, 9.17) is 0 Å². The Hall–Kier alpha value is -1.77. The largest absolute Gasteiger partial charge is 0.485 e. The smallest absolute Gasteiger partial charge is 0.456 e. The van der Waals surface area contributed by atoms with E-state index in [2.05, 4.69) is 25.7 Å². The number of hydrogen-bond acceptors (Lipinski definition) is 2. The monoisotopic (exact) mass is 399 g/mol. The standard InChI is InChI=1S/C14H8BrF6NO/c15-8-1-3-10(11(16)5-8)12-4-2-9(6-22-12)23-7-13(17,18)14(19,20)21/h1-6H,7H2. The highest BCUT2D eigenvalue weighted by molar-refractivity contribution is 9.10. The van der Waals surface area contributed by atoms with Crippen LogP contribution in [0.15, 0.2) is 41.0 Å². The van der Waals surface area contributed by atoms with Crippen LogP contribution in [0.4, 0.5) is 26.3 Å². The number of rotatable bonds is 4. The molecule has 0 atom stereocenters. The molecule has 2 aromatic rings. The van der Waals surface area contributed by atoms with Crippen molar-refractivity contribution < 1.29 is 31.1 Å². The van der Waals surface area contributed by atoms with Crippen molar-refractivity contribution in [1.29, 1.82) is 0 Å². The van der Waals surface area contributed by atoms with Crippen LogP contribution in [0, 0.1) is 5.82 Å². The van der Waals surface area contributed by atoms with E-state index in [0.29, 0.717) is 4.47 Å². The molecule has 23 heavy (non-hydrogen) atoms.